The van der Waals surface area contributed by atoms with Gasteiger partial charge in [0.2, 0.25) is 10.0 Å². The van der Waals surface area contributed by atoms with E-state index in [0.717, 1.165) is 48.7 Å². The first-order valence-corrected chi connectivity index (χ1v) is 9.80. The van der Waals surface area contributed by atoms with E-state index >= 15 is 0 Å². The number of hydrogen-bond donors (Lipinski definition) is 1. The lowest BCUT2D eigenvalue weighted by atomic mass is 10.0. The van der Waals surface area contributed by atoms with Gasteiger partial charge in [-0.2, -0.15) is 4.31 Å². The van der Waals surface area contributed by atoms with Crippen LogP contribution in [-0.2, 0) is 10.0 Å². The van der Waals surface area contributed by atoms with Crippen molar-refractivity contribution in [2.75, 3.05) is 12.3 Å². The first-order valence-electron chi connectivity index (χ1n) is 8.19. The number of hydrogen-bond acceptors (Lipinski definition) is 2. The summed E-state index contributed by atoms with van der Waals surface area (Å²) in [5.41, 5.74) is 2.11. The summed E-state index contributed by atoms with van der Waals surface area (Å²) in [5.74, 6) is 0.264. The highest BCUT2D eigenvalue weighted by Gasteiger charge is 2.33. The van der Waals surface area contributed by atoms with E-state index in [-0.39, 0.29) is 11.8 Å². The molecule has 1 fully saturated rings. The van der Waals surface area contributed by atoms with Crippen molar-refractivity contribution in [1.29, 1.82) is 0 Å². The average molecular weight is 320 g/mol. The number of sulfonamides is 1. The molecule has 0 aliphatic carbocycles. The molecule has 1 unspecified atom stereocenters. The molecule has 1 atom stereocenters. The van der Waals surface area contributed by atoms with E-state index in [0.29, 0.717) is 6.54 Å². The zero-order chi connectivity index (χ0) is 15.6. The van der Waals surface area contributed by atoms with Crippen LogP contribution >= 0.6 is 0 Å². The van der Waals surface area contributed by atoms with Crippen LogP contribution in [0.4, 0.5) is 0 Å². The minimum atomic E-state index is -3.17. The lowest BCUT2D eigenvalue weighted by Gasteiger charge is -2.34. The Kier molecular flexibility index (Phi) is 4.54. The maximum Gasteiger partial charge on any atom is 0.214 e. The molecule has 1 aliphatic rings. The van der Waals surface area contributed by atoms with E-state index in [1.54, 1.807) is 4.31 Å². The Hall–Kier alpha value is -1.33. The highest BCUT2D eigenvalue weighted by atomic mass is 32.2. The van der Waals surface area contributed by atoms with Gasteiger partial charge >= 0.3 is 0 Å². The van der Waals surface area contributed by atoms with Gasteiger partial charge in [0.15, 0.2) is 0 Å². The highest BCUT2D eigenvalue weighted by Crippen LogP contribution is 2.34. The van der Waals surface area contributed by atoms with Crippen molar-refractivity contribution in [3.05, 3.63) is 36.0 Å². The van der Waals surface area contributed by atoms with Gasteiger partial charge in [0.25, 0.3) is 0 Å². The molecule has 0 spiro atoms. The average Bonchev–Trinajstić information content (AvgIpc) is 2.97. The van der Waals surface area contributed by atoms with Gasteiger partial charge in [-0.05, 0) is 36.8 Å². The van der Waals surface area contributed by atoms with Crippen molar-refractivity contribution < 1.29 is 8.42 Å². The number of para-hydroxylation sites is 1. The summed E-state index contributed by atoms with van der Waals surface area (Å²) in [6.07, 6.45) is 4.59. The number of H-pyrrole nitrogens is 1. The van der Waals surface area contributed by atoms with Crippen molar-refractivity contribution in [2.24, 2.45) is 0 Å². The van der Waals surface area contributed by atoms with Crippen LogP contribution in [0.2, 0.25) is 0 Å². The highest BCUT2D eigenvalue weighted by molar-refractivity contribution is 7.89. The molecule has 1 aromatic carbocycles. The van der Waals surface area contributed by atoms with E-state index < -0.39 is 10.0 Å². The minimum Gasteiger partial charge on any atom is -0.357 e. The molecule has 1 aromatic heterocycles. The summed E-state index contributed by atoms with van der Waals surface area (Å²) in [6, 6.07) is 10.2. The number of piperidine rings is 1. The normalized spacial score (nSPS) is 20.5. The van der Waals surface area contributed by atoms with Gasteiger partial charge in [-0.15, -0.1) is 0 Å². The SMILES string of the molecule is CCCCS(=O)(=O)N1CCCCC1c1cc2ccccc2[nH]1. The lowest BCUT2D eigenvalue weighted by Crippen LogP contribution is -2.39. The number of aromatic amines is 1. The van der Waals surface area contributed by atoms with E-state index in [9.17, 15) is 8.42 Å². The second-order valence-corrected chi connectivity index (χ2v) is 8.14. The molecule has 3 rings (SSSR count). The van der Waals surface area contributed by atoms with Gasteiger partial charge in [0.05, 0.1) is 11.8 Å². The van der Waals surface area contributed by atoms with Crippen LogP contribution in [-0.4, -0.2) is 30.0 Å². The number of fused-ring (bicyclic) bond motifs is 1. The zero-order valence-corrected chi connectivity index (χ0v) is 13.9. The number of rotatable bonds is 5. The summed E-state index contributed by atoms with van der Waals surface area (Å²) in [6.45, 7) is 2.67. The Bertz CT molecular complexity index is 703. The monoisotopic (exact) mass is 320 g/mol. The van der Waals surface area contributed by atoms with Crippen LogP contribution in [0.15, 0.2) is 30.3 Å². The van der Waals surface area contributed by atoms with Crippen LogP contribution in [0.25, 0.3) is 10.9 Å². The van der Waals surface area contributed by atoms with E-state index in [4.69, 9.17) is 0 Å². The summed E-state index contributed by atoms with van der Waals surface area (Å²) >= 11 is 0. The van der Waals surface area contributed by atoms with Crippen molar-refractivity contribution in [3.63, 3.8) is 0 Å². The Morgan fingerprint density at radius 1 is 1.27 bits per heavy atom. The van der Waals surface area contributed by atoms with Crippen LogP contribution < -0.4 is 0 Å². The van der Waals surface area contributed by atoms with Gasteiger partial charge in [0.1, 0.15) is 0 Å². The maximum absolute atomic E-state index is 12.7. The van der Waals surface area contributed by atoms with Crippen molar-refractivity contribution in [1.82, 2.24) is 9.29 Å². The second-order valence-electron chi connectivity index (χ2n) is 6.10. The molecule has 0 radical (unpaired) electrons. The van der Waals surface area contributed by atoms with Crippen LogP contribution in [0, 0.1) is 0 Å². The van der Waals surface area contributed by atoms with Gasteiger partial charge in [-0.1, -0.05) is 38.0 Å². The summed E-state index contributed by atoms with van der Waals surface area (Å²) in [4.78, 5) is 3.42. The van der Waals surface area contributed by atoms with E-state index in [1.807, 2.05) is 25.1 Å². The fourth-order valence-electron chi connectivity index (χ4n) is 3.27. The number of nitrogens with zero attached hydrogens (tertiary/aromatic N) is 1. The molecule has 4 nitrogen and oxygen atoms in total. The zero-order valence-electron chi connectivity index (χ0n) is 13.1. The Labute approximate surface area is 132 Å². The lowest BCUT2D eigenvalue weighted by molar-refractivity contribution is 0.252. The largest absolute Gasteiger partial charge is 0.357 e. The second kappa shape index (κ2) is 6.42. The van der Waals surface area contributed by atoms with Crippen LogP contribution in [0.1, 0.15) is 50.8 Å². The third kappa shape index (κ3) is 3.06. The molecule has 5 heteroatoms. The number of benzene rings is 1. The first-order chi connectivity index (χ1) is 10.6. The predicted molar refractivity (Wildman–Crippen MR) is 90.3 cm³/mol. The third-order valence-corrected chi connectivity index (χ3v) is 6.43. The summed E-state index contributed by atoms with van der Waals surface area (Å²) < 4.78 is 27.0. The molecule has 1 aliphatic heterocycles. The van der Waals surface area contributed by atoms with Gasteiger partial charge in [-0.25, -0.2) is 8.42 Å². The molecular formula is C17H24N2O2S. The van der Waals surface area contributed by atoms with E-state index in [2.05, 4.69) is 17.1 Å². The Morgan fingerprint density at radius 2 is 2.09 bits per heavy atom. The van der Waals surface area contributed by atoms with E-state index in [1.165, 1.54) is 0 Å². The molecule has 2 heterocycles. The fourth-order valence-corrected chi connectivity index (χ4v) is 5.17. The number of unbranched alkanes of at least 4 members (excludes halogenated alkanes) is 1. The standard InChI is InChI=1S/C17H24N2O2S/c1-2-3-12-22(20,21)19-11-7-6-10-17(19)16-13-14-8-4-5-9-15(14)18-16/h4-5,8-9,13,17-18H,2-3,6-7,10-12H2,1H3. The Balaban J connectivity index is 1.92. The topological polar surface area (TPSA) is 53.2 Å². The third-order valence-electron chi connectivity index (χ3n) is 4.48. The summed E-state index contributed by atoms with van der Waals surface area (Å²) in [7, 11) is -3.17. The van der Waals surface area contributed by atoms with Gasteiger partial charge in [-0.3, -0.25) is 0 Å². The maximum atomic E-state index is 12.7. The smallest absolute Gasteiger partial charge is 0.214 e. The molecule has 1 N–H and O–H groups in total. The fraction of sp³-hybridized carbons (Fsp3) is 0.529. The van der Waals surface area contributed by atoms with Crippen molar-refractivity contribution >= 4 is 20.9 Å². The quantitative estimate of drug-likeness (QED) is 0.910. The first kappa shape index (κ1) is 15.6. The number of aromatic nitrogens is 1. The van der Waals surface area contributed by atoms with Crippen LogP contribution in [0.3, 0.4) is 0 Å². The molecule has 0 saturated carbocycles. The summed E-state index contributed by atoms with van der Waals surface area (Å²) in [5, 5.41) is 1.15. The molecule has 22 heavy (non-hydrogen) atoms. The van der Waals surface area contributed by atoms with Crippen LogP contribution in [0.5, 0.6) is 0 Å². The molecule has 2 aromatic rings. The number of nitrogens with one attached hydrogen (secondary N) is 1. The predicted octanol–water partition coefficient (Wildman–Crippen LogP) is 3.82. The Morgan fingerprint density at radius 3 is 2.86 bits per heavy atom. The van der Waals surface area contributed by atoms with Gasteiger partial charge in [0, 0.05) is 17.8 Å². The van der Waals surface area contributed by atoms with Crippen molar-refractivity contribution in [2.45, 2.75) is 45.1 Å². The minimum absolute atomic E-state index is 0.0389. The molecular weight excluding hydrogens is 296 g/mol. The molecule has 0 amide bonds. The molecule has 120 valence electrons. The molecule has 0 bridgehead atoms. The molecule has 1 saturated heterocycles. The van der Waals surface area contributed by atoms with Gasteiger partial charge < -0.3 is 4.98 Å². The van der Waals surface area contributed by atoms with Crippen molar-refractivity contribution in [3.8, 4) is 0 Å².